The summed E-state index contributed by atoms with van der Waals surface area (Å²) in [6, 6.07) is 20.2. The van der Waals surface area contributed by atoms with Crippen molar-refractivity contribution in [1.82, 2.24) is 4.90 Å². The summed E-state index contributed by atoms with van der Waals surface area (Å²) < 4.78 is 0. The predicted octanol–water partition coefficient (Wildman–Crippen LogP) is 3.16. The molecule has 0 unspecified atom stereocenters. The van der Waals surface area contributed by atoms with Crippen LogP contribution in [-0.2, 0) is 6.54 Å². The van der Waals surface area contributed by atoms with E-state index in [0.717, 1.165) is 18.8 Å². The number of likely N-dealkylation sites (N-methyl/N-ethyl adjacent to an activating group) is 1. The van der Waals surface area contributed by atoms with E-state index in [4.69, 9.17) is 5.73 Å². The minimum atomic E-state index is 0. The number of rotatable bonds is 6. The van der Waals surface area contributed by atoms with E-state index < -0.39 is 0 Å². The summed E-state index contributed by atoms with van der Waals surface area (Å²) in [7, 11) is 2.09. The van der Waals surface area contributed by atoms with Crippen molar-refractivity contribution in [2.24, 2.45) is 10.7 Å². The topological polar surface area (TPSA) is 53.6 Å². The van der Waals surface area contributed by atoms with Gasteiger partial charge in [0.1, 0.15) is 0 Å². The van der Waals surface area contributed by atoms with Gasteiger partial charge in [0, 0.05) is 18.8 Å². The minimum Gasteiger partial charge on any atom is -0.370 e. The Morgan fingerprint density at radius 2 is 1.64 bits per heavy atom. The van der Waals surface area contributed by atoms with Gasteiger partial charge >= 0.3 is 0 Å². The summed E-state index contributed by atoms with van der Waals surface area (Å²) in [6.45, 7) is 2.46. The lowest BCUT2D eigenvalue weighted by atomic mass is 10.2. The van der Waals surface area contributed by atoms with Crippen molar-refractivity contribution in [1.29, 1.82) is 0 Å². The van der Waals surface area contributed by atoms with E-state index in [1.807, 2.05) is 36.4 Å². The monoisotopic (exact) mass is 410 g/mol. The highest BCUT2D eigenvalue weighted by molar-refractivity contribution is 14.0. The Morgan fingerprint density at radius 3 is 2.27 bits per heavy atom. The molecule has 0 radical (unpaired) electrons. The first-order chi connectivity index (χ1) is 10.2. The fourth-order valence-corrected chi connectivity index (χ4v) is 2.02. The summed E-state index contributed by atoms with van der Waals surface area (Å²) in [4.78, 5) is 6.57. The van der Waals surface area contributed by atoms with Gasteiger partial charge in [0.15, 0.2) is 5.96 Å². The number of anilines is 1. The maximum atomic E-state index is 5.86. The van der Waals surface area contributed by atoms with Crippen LogP contribution in [0.1, 0.15) is 5.56 Å². The zero-order chi connectivity index (χ0) is 14.9. The normalized spacial score (nSPS) is 11.1. The van der Waals surface area contributed by atoms with Gasteiger partial charge in [-0.3, -0.25) is 4.99 Å². The lowest BCUT2D eigenvalue weighted by Crippen LogP contribution is -2.26. The molecule has 0 amide bonds. The van der Waals surface area contributed by atoms with E-state index in [1.54, 1.807) is 0 Å². The van der Waals surface area contributed by atoms with Gasteiger partial charge in [0.05, 0.1) is 6.54 Å². The van der Waals surface area contributed by atoms with Crippen LogP contribution in [0.4, 0.5) is 5.69 Å². The molecule has 0 aliphatic rings. The third-order valence-corrected chi connectivity index (χ3v) is 3.11. The van der Waals surface area contributed by atoms with E-state index >= 15 is 0 Å². The number of hydrogen-bond acceptors (Lipinski definition) is 2. The number of aliphatic imine (C=N–C) groups is 1. The molecule has 0 spiro atoms. The Balaban J connectivity index is 0.00000242. The SMILES string of the molecule is CN(CCN=C(N)Nc1ccccc1)Cc1ccccc1.I. The van der Waals surface area contributed by atoms with Crippen molar-refractivity contribution < 1.29 is 0 Å². The lowest BCUT2D eigenvalue weighted by Gasteiger charge is -2.15. The Morgan fingerprint density at radius 1 is 1.05 bits per heavy atom. The molecule has 0 aliphatic heterocycles. The van der Waals surface area contributed by atoms with Crippen LogP contribution in [0.25, 0.3) is 0 Å². The average molecular weight is 410 g/mol. The van der Waals surface area contributed by atoms with Gasteiger partial charge in [-0.05, 0) is 24.7 Å². The third-order valence-electron chi connectivity index (χ3n) is 3.11. The zero-order valence-corrected chi connectivity index (χ0v) is 15.1. The minimum absolute atomic E-state index is 0. The first kappa shape index (κ1) is 18.4. The van der Waals surface area contributed by atoms with Crippen LogP contribution >= 0.6 is 24.0 Å². The second-order valence-electron chi connectivity index (χ2n) is 4.98. The Labute approximate surface area is 149 Å². The number of nitrogens with zero attached hydrogens (tertiary/aromatic N) is 2. The van der Waals surface area contributed by atoms with E-state index in [1.165, 1.54) is 5.56 Å². The van der Waals surface area contributed by atoms with Crippen LogP contribution in [0.3, 0.4) is 0 Å². The van der Waals surface area contributed by atoms with Crippen molar-refractivity contribution in [2.45, 2.75) is 6.54 Å². The molecule has 2 aromatic carbocycles. The molecule has 3 N–H and O–H groups in total. The molecule has 118 valence electrons. The molecule has 0 saturated heterocycles. The van der Waals surface area contributed by atoms with Crippen LogP contribution in [0.2, 0.25) is 0 Å². The molecular formula is C17H23IN4. The average Bonchev–Trinajstić information content (AvgIpc) is 2.49. The van der Waals surface area contributed by atoms with Gasteiger partial charge in [-0.2, -0.15) is 0 Å². The smallest absolute Gasteiger partial charge is 0.193 e. The van der Waals surface area contributed by atoms with E-state index in [2.05, 4.69) is 46.5 Å². The van der Waals surface area contributed by atoms with Crippen molar-refractivity contribution >= 4 is 35.6 Å². The molecule has 22 heavy (non-hydrogen) atoms. The van der Waals surface area contributed by atoms with Crippen LogP contribution in [-0.4, -0.2) is 31.0 Å². The van der Waals surface area contributed by atoms with Gasteiger partial charge in [-0.1, -0.05) is 48.5 Å². The first-order valence-corrected chi connectivity index (χ1v) is 7.08. The van der Waals surface area contributed by atoms with Crippen LogP contribution in [0.5, 0.6) is 0 Å². The summed E-state index contributed by atoms with van der Waals surface area (Å²) in [5.74, 6) is 0.453. The maximum absolute atomic E-state index is 5.86. The molecule has 0 bridgehead atoms. The number of halogens is 1. The number of para-hydroxylation sites is 1. The molecule has 4 nitrogen and oxygen atoms in total. The third kappa shape index (κ3) is 6.91. The van der Waals surface area contributed by atoms with Gasteiger partial charge in [0.25, 0.3) is 0 Å². The Kier molecular flexibility index (Phi) is 8.54. The quantitative estimate of drug-likeness (QED) is 0.437. The fourth-order valence-electron chi connectivity index (χ4n) is 2.02. The summed E-state index contributed by atoms with van der Waals surface area (Å²) in [5, 5.41) is 3.07. The molecule has 0 saturated carbocycles. The highest BCUT2D eigenvalue weighted by Gasteiger charge is 1.99. The van der Waals surface area contributed by atoms with Crippen molar-refractivity contribution in [3.05, 3.63) is 66.2 Å². The molecular weight excluding hydrogens is 387 g/mol. The molecule has 0 aliphatic carbocycles. The number of hydrogen-bond donors (Lipinski definition) is 2. The number of guanidine groups is 1. The highest BCUT2D eigenvalue weighted by atomic mass is 127. The van der Waals surface area contributed by atoms with Gasteiger partial charge < -0.3 is 16.0 Å². The Hall–Kier alpha value is -1.60. The van der Waals surface area contributed by atoms with E-state index in [9.17, 15) is 0 Å². The molecule has 2 rings (SSSR count). The molecule has 0 fully saturated rings. The molecule has 0 atom stereocenters. The Bertz CT molecular complexity index is 557. The van der Waals surface area contributed by atoms with Crippen LogP contribution in [0.15, 0.2) is 65.7 Å². The number of nitrogens with one attached hydrogen (secondary N) is 1. The van der Waals surface area contributed by atoms with Crippen molar-refractivity contribution in [3.63, 3.8) is 0 Å². The van der Waals surface area contributed by atoms with Crippen LogP contribution in [0, 0.1) is 0 Å². The van der Waals surface area contributed by atoms with E-state index in [0.29, 0.717) is 12.5 Å². The summed E-state index contributed by atoms with van der Waals surface area (Å²) in [6.07, 6.45) is 0. The number of nitrogens with two attached hydrogens (primary N) is 1. The highest BCUT2D eigenvalue weighted by Crippen LogP contribution is 2.04. The van der Waals surface area contributed by atoms with Gasteiger partial charge in [0.2, 0.25) is 0 Å². The molecule has 2 aromatic rings. The summed E-state index contributed by atoms with van der Waals surface area (Å²) >= 11 is 0. The first-order valence-electron chi connectivity index (χ1n) is 7.08. The zero-order valence-electron chi connectivity index (χ0n) is 12.8. The van der Waals surface area contributed by atoms with E-state index in [-0.39, 0.29) is 24.0 Å². The number of benzene rings is 2. The molecule has 5 heteroatoms. The fraction of sp³-hybridized carbons (Fsp3) is 0.235. The largest absolute Gasteiger partial charge is 0.370 e. The summed E-state index contributed by atoms with van der Waals surface area (Å²) in [5.41, 5.74) is 8.12. The molecule has 0 aromatic heterocycles. The second kappa shape index (κ2) is 10.2. The lowest BCUT2D eigenvalue weighted by molar-refractivity contribution is 0.336. The van der Waals surface area contributed by atoms with Crippen molar-refractivity contribution in [3.8, 4) is 0 Å². The van der Waals surface area contributed by atoms with Crippen LogP contribution < -0.4 is 11.1 Å². The predicted molar refractivity (Wildman–Crippen MR) is 105 cm³/mol. The van der Waals surface area contributed by atoms with Crippen molar-refractivity contribution in [2.75, 3.05) is 25.5 Å². The molecule has 0 heterocycles. The maximum Gasteiger partial charge on any atom is 0.193 e. The van der Waals surface area contributed by atoms with Gasteiger partial charge in [-0.15, -0.1) is 24.0 Å². The standard InChI is InChI=1S/C17H22N4.HI/c1-21(14-15-8-4-2-5-9-15)13-12-19-17(18)20-16-10-6-3-7-11-16;/h2-11H,12-14H2,1H3,(H3,18,19,20);1H. The van der Waals surface area contributed by atoms with Gasteiger partial charge in [-0.25, -0.2) is 0 Å². The second-order valence-corrected chi connectivity index (χ2v) is 4.98.